The van der Waals surface area contributed by atoms with Gasteiger partial charge in [0.2, 0.25) is 17.7 Å². The van der Waals surface area contributed by atoms with E-state index in [0.717, 1.165) is 12.3 Å². The zero-order valence-electron chi connectivity index (χ0n) is 14.4. The van der Waals surface area contributed by atoms with E-state index in [1.807, 2.05) is 0 Å². The predicted molar refractivity (Wildman–Crippen MR) is 84.6 cm³/mol. The summed E-state index contributed by atoms with van der Waals surface area (Å²) >= 11 is 0. The Hall–Kier alpha value is -1.43. The molecule has 2 fully saturated rings. The highest BCUT2D eigenvalue weighted by Crippen LogP contribution is 2.42. The van der Waals surface area contributed by atoms with Gasteiger partial charge in [-0.2, -0.15) is 0 Å². The molecule has 0 aromatic carbocycles. The Morgan fingerprint density at radius 3 is 2.74 bits per heavy atom. The van der Waals surface area contributed by atoms with Crippen LogP contribution in [-0.4, -0.2) is 40.2 Å². The number of hydrogen-bond acceptors (Lipinski definition) is 5. The Kier molecular flexibility index (Phi) is 4.71. The molecule has 1 unspecified atom stereocenters. The van der Waals surface area contributed by atoms with Gasteiger partial charge in [-0.05, 0) is 24.2 Å². The first-order valence-electron chi connectivity index (χ1n) is 8.62. The molecule has 2 heterocycles. The van der Waals surface area contributed by atoms with Crippen molar-refractivity contribution in [3.8, 4) is 0 Å². The second kappa shape index (κ2) is 6.59. The minimum absolute atomic E-state index is 0.0894. The van der Waals surface area contributed by atoms with Crippen LogP contribution in [0.25, 0.3) is 0 Å². The first kappa shape index (κ1) is 16.4. The van der Waals surface area contributed by atoms with Gasteiger partial charge in [0.25, 0.3) is 0 Å². The van der Waals surface area contributed by atoms with Crippen LogP contribution in [0.1, 0.15) is 58.2 Å². The maximum atomic E-state index is 11.1. The smallest absolute Gasteiger partial charge is 0.242 e. The maximum Gasteiger partial charge on any atom is 0.242 e. The van der Waals surface area contributed by atoms with Crippen LogP contribution in [-0.2, 0) is 22.6 Å². The van der Waals surface area contributed by atoms with Crippen molar-refractivity contribution in [1.29, 1.82) is 0 Å². The van der Waals surface area contributed by atoms with Gasteiger partial charge in [-0.15, -0.1) is 10.2 Å². The first-order chi connectivity index (χ1) is 10.9. The molecule has 0 radical (unpaired) electrons. The number of rotatable bonds is 5. The lowest BCUT2D eigenvalue weighted by molar-refractivity contribution is -0.143. The first-order valence-corrected chi connectivity index (χ1v) is 8.62. The van der Waals surface area contributed by atoms with E-state index >= 15 is 0 Å². The van der Waals surface area contributed by atoms with Gasteiger partial charge in [-0.1, -0.05) is 26.7 Å². The largest absolute Gasteiger partial charge is 0.423 e. The van der Waals surface area contributed by atoms with E-state index in [0.29, 0.717) is 36.9 Å². The summed E-state index contributed by atoms with van der Waals surface area (Å²) in [5.41, 5.74) is 0.353. The van der Waals surface area contributed by atoms with Crippen molar-refractivity contribution in [1.82, 2.24) is 15.1 Å². The monoisotopic (exact) mass is 321 g/mol. The second-order valence-electron chi connectivity index (χ2n) is 7.58. The summed E-state index contributed by atoms with van der Waals surface area (Å²) in [5.74, 6) is 1.97. The van der Waals surface area contributed by atoms with Gasteiger partial charge >= 0.3 is 0 Å². The van der Waals surface area contributed by atoms with Gasteiger partial charge in [-0.25, -0.2) is 0 Å². The van der Waals surface area contributed by atoms with Crippen molar-refractivity contribution in [2.45, 2.75) is 65.6 Å². The predicted octanol–water partition coefficient (Wildman–Crippen LogP) is 2.58. The summed E-state index contributed by atoms with van der Waals surface area (Å²) in [6.07, 6.45) is 6.09. The summed E-state index contributed by atoms with van der Waals surface area (Å²) < 4.78 is 11.4. The fourth-order valence-electron chi connectivity index (χ4n) is 3.57. The molecule has 1 aliphatic carbocycles. The Bertz CT molecular complexity index is 549. The number of likely N-dealkylation sites (tertiary alicyclic amines) is 1. The van der Waals surface area contributed by atoms with Crippen molar-refractivity contribution < 1.29 is 13.9 Å². The SMILES string of the molecule is CC(=O)N1CC(OCc2nnc(CC3CCCCC3(C)C)o2)C1. The van der Waals surface area contributed by atoms with E-state index in [-0.39, 0.29) is 12.0 Å². The Morgan fingerprint density at radius 2 is 2.04 bits per heavy atom. The molecule has 1 saturated carbocycles. The van der Waals surface area contributed by atoms with Gasteiger partial charge in [-0.3, -0.25) is 4.79 Å². The molecule has 0 N–H and O–H groups in total. The van der Waals surface area contributed by atoms with Crippen LogP contribution in [0.3, 0.4) is 0 Å². The van der Waals surface area contributed by atoms with Gasteiger partial charge in [0, 0.05) is 26.4 Å². The maximum absolute atomic E-state index is 11.1. The minimum Gasteiger partial charge on any atom is -0.423 e. The lowest BCUT2D eigenvalue weighted by Crippen LogP contribution is -2.53. The molecular formula is C17H27N3O3. The quantitative estimate of drug-likeness (QED) is 0.834. The molecule has 1 atom stereocenters. The highest BCUT2D eigenvalue weighted by Gasteiger charge is 2.33. The highest BCUT2D eigenvalue weighted by molar-refractivity contribution is 5.74. The van der Waals surface area contributed by atoms with E-state index in [1.54, 1.807) is 11.8 Å². The normalized spacial score (nSPS) is 24.5. The summed E-state index contributed by atoms with van der Waals surface area (Å²) in [6.45, 7) is 7.91. The molecule has 128 valence electrons. The van der Waals surface area contributed by atoms with Gasteiger partial charge in [0.05, 0.1) is 6.10 Å². The fourth-order valence-corrected chi connectivity index (χ4v) is 3.57. The fraction of sp³-hybridized carbons (Fsp3) is 0.824. The van der Waals surface area contributed by atoms with Gasteiger partial charge in [0.15, 0.2) is 0 Å². The average Bonchev–Trinajstić information content (AvgIpc) is 2.86. The minimum atomic E-state index is 0.0894. The van der Waals surface area contributed by atoms with Crippen LogP contribution < -0.4 is 0 Å². The number of carbonyl (C=O) groups is 1. The summed E-state index contributed by atoms with van der Waals surface area (Å²) in [4.78, 5) is 12.9. The molecule has 1 aromatic rings. The summed E-state index contributed by atoms with van der Waals surface area (Å²) in [7, 11) is 0. The van der Waals surface area contributed by atoms with Crippen molar-refractivity contribution in [2.24, 2.45) is 11.3 Å². The average molecular weight is 321 g/mol. The molecule has 6 nitrogen and oxygen atoms in total. The van der Waals surface area contributed by atoms with Crippen LogP contribution in [0.5, 0.6) is 0 Å². The number of carbonyl (C=O) groups excluding carboxylic acids is 1. The molecular weight excluding hydrogens is 294 g/mol. The molecule has 3 rings (SSSR count). The number of ether oxygens (including phenoxy) is 1. The third-order valence-corrected chi connectivity index (χ3v) is 5.39. The standard InChI is InChI=1S/C17H27N3O3/c1-12(21)20-9-14(10-20)22-11-16-19-18-15(23-16)8-13-6-4-5-7-17(13,2)3/h13-14H,4-11H2,1-3H3. The van der Waals surface area contributed by atoms with Crippen LogP contribution in [0.15, 0.2) is 4.42 Å². The lowest BCUT2D eigenvalue weighted by atomic mass is 9.67. The number of nitrogens with zero attached hydrogens (tertiary/aromatic N) is 3. The Labute approximate surface area is 137 Å². The van der Waals surface area contributed by atoms with Crippen LogP contribution in [0, 0.1) is 11.3 Å². The second-order valence-corrected chi connectivity index (χ2v) is 7.58. The van der Waals surface area contributed by atoms with E-state index in [1.165, 1.54) is 25.7 Å². The molecule has 0 spiro atoms. The van der Waals surface area contributed by atoms with E-state index < -0.39 is 0 Å². The third kappa shape index (κ3) is 3.91. The van der Waals surface area contributed by atoms with Gasteiger partial charge in [0.1, 0.15) is 6.61 Å². The van der Waals surface area contributed by atoms with Crippen LogP contribution in [0.4, 0.5) is 0 Å². The van der Waals surface area contributed by atoms with Crippen molar-refractivity contribution in [3.63, 3.8) is 0 Å². The molecule has 1 aromatic heterocycles. The molecule has 6 heteroatoms. The van der Waals surface area contributed by atoms with Gasteiger partial charge < -0.3 is 14.1 Å². The molecule has 1 amide bonds. The number of amides is 1. The van der Waals surface area contributed by atoms with Crippen molar-refractivity contribution in [3.05, 3.63) is 11.8 Å². The van der Waals surface area contributed by atoms with Crippen molar-refractivity contribution in [2.75, 3.05) is 13.1 Å². The zero-order chi connectivity index (χ0) is 16.4. The van der Waals surface area contributed by atoms with Crippen LogP contribution in [0.2, 0.25) is 0 Å². The zero-order valence-corrected chi connectivity index (χ0v) is 14.4. The highest BCUT2D eigenvalue weighted by atomic mass is 16.5. The lowest BCUT2D eigenvalue weighted by Gasteiger charge is -2.38. The summed E-state index contributed by atoms with van der Waals surface area (Å²) in [5, 5.41) is 8.27. The van der Waals surface area contributed by atoms with Crippen LogP contribution >= 0.6 is 0 Å². The number of hydrogen-bond donors (Lipinski definition) is 0. The molecule has 0 bridgehead atoms. The van der Waals surface area contributed by atoms with E-state index in [2.05, 4.69) is 24.0 Å². The van der Waals surface area contributed by atoms with Crippen molar-refractivity contribution >= 4 is 5.91 Å². The molecule has 2 aliphatic rings. The topological polar surface area (TPSA) is 68.5 Å². The van der Waals surface area contributed by atoms with E-state index in [9.17, 15) is 4.79 Å². The Balaban J connectivity index is 1.46. The Morgan fingerprint density at radius 1 is 1.30 bits per heavy atom. The summed E-state index contributed by atoms with van der Waals surface area (Å²) in [6, 6.07) is 0. The molecule has 1 aliphatic heterocycles. The van der Waals surface area contributed by atoms with E-state index in [4.69, 9.17) is 9.15 Å². The molecule has 23 heavy (non-hydrogen) atoms. The number of aromatic nitrogens is 2. The molecule has 1 saturated heterocycles. The third-order valence-electron chi connectivity index (χ3n) is 5.39.